The molecule has 38 heavy (non-hydrogen) atoms. The van der Waals surface area contributed by atoms with Gasteiger partial charge in [-0.25, -0.2) is 0 Å². The molecule has 2 aliphatic heterocycles. The zero-order chi connectivity index (χ0) is 25.6. The van der Waals surface area contributed by atoms with Crippen LogP contribution in [0.25, 0.3) is 0 Å². The summed E-state index contributed by atoms with van der Waals surface area (Å²) < 4.78 is 8.21. The van der Waals surface area contributed by atoms with Crippen molar-refractivity contribution in [2.75, 3.05) is 0 Å². The van der Waals surface area contributed by atoms with Crippen LogP contribution in [0.1, 0.15) is 0 Å². The Labute approximate surface area is 258 Å². The van der Waals surface area contributed by atoms with E-state index in [9.17, 15) is 0 Å². The minimum absolute atomic E-state index is 1.28. The number of hydrogen-bond donors (Lipinski definition) is 0. The minimum atomic E-state index is 1.28. The molecule has 0 saturated carbocycles. The first kappa shape index (κ1) is 27.1. The molecule has 2 aliphatic rings. The molecule has 0 spiro atoms. The van der Waals surface area contributed by atoms with E-state index in [2.05, 4.69) is 121 Å². The Morgan fingerprint density at radius 2 is 0.500 bits per heavy atom. The Hall–Kier alpha value is -1.10. The molecular formula is C30H20S8. The largest absolute Gasteiger partial charge is 0.0809 e. The summed E-state index contributed by atoms with van der Waals surface area (Å²) in [6.45, 7) is 0. The fourth-order valence-electron chi connectivity index (χ4n) is 3.34. The molecule has 0 fully saturated rings. The van der Waals surface area contributed by atoms with Crippen LogP contribution in [0.4, 0.5) is 0 Å². The van der Waals surface area contributed by atoms with E-state index in [4.69, 9.17) is 0 Å². The molecule has 0 N–H and O–H groups in total. The molecule has 0 amide bonds. The Morgan fingerprint density at radius 3 is 0.711 bits per heavy atom. The Kier molecular flexibility index (Phi) is 9.63. The van der Waals surface area contributed by atoms with Crippen LogP contribution in [0.2, 0.25) is 0 Å². The fraction of sp³-hybridized carbons (Fsp3) is 0. The first-order valence-electron chi connectivity index (χ1n) is 11.7. The molecule has 8 heteroatoms. The summed E-state index contributed by atoms with van der Waals surface area (Å²) in [5, 5.41) is 0. The molecule has 0 saturated heterocycles. The third-order valence-corrected chi connectivity index (χ3v) is 16.3. The van der Waals surface area contributed by atoms with Crippen molar-refractivity contribution >= 4 is 94.1 Å². The Balaban J connectivity index is 1.28. The van der Waals surface area contributed by atoms with Gasteiger partial charge in [-0.2, -0.15) is 0 Å². The van der Waals surface area contributed by atoms with E-state index >= 15 is 0 Å². The van der Waals surface area contributed by atoms with Gasteiger partial charge in [0, 0.05) is 19.6 Å². The van der Waals surface area contributed by atoms with Crippen molar-refractivity contribution in [3.05, 3.63) is 147 Å². The number of hydrogen-bond acceptors (Lipinski definition) is 8. The summed E-state index contributed by atoms with van der Waals surface area (Å²) in [6.07, 6.45) is 0. The number of thioether (sulfide) groups is 8. The average molecular weight is 637 g/mol. The van der Waals surface area contributed by atoms with Gasteiger partial charge in [-0.05, 0) is 48.5 Å². The molecule has 0 aromatic heterocycles. The second kappa shape index (κ2) is 13.5. The van der Waals surface area contributed by atoms with Crippen molar-refractivity contribution in [2.24, 2.45) is 0 Å². The summed E-state index contributed by atoms with van der Waals surface area (Å²) in [4.78, 5) is 5.11. The quantitative estimate of drug-likeness (QED) is 0.185. The molecule has 0 atom stereocenters. The van der Waals surface area contributed by atoms with Gasteiger partial charge in [0.15, 0.2) is 0 Å². The third-order valence-electron chi connectivity index (χ3n) is 5.06. The molecule has 2 heterocycles. The molecule has 0 aliphatic carbocycles. The van der Waals surface area contributed by atoms with Crippen molar-refractivity contribution < 1.29 is 0 Å². The molecule has 4 aromatic rings. The highest BCUT2D eigenvalue weighted by atomic mass is 32.3. The minimum Gasteiger partial charge on any atom is -0.0809 e. The standard InChI is InChI=1S/C30H20S8/c1-5-13-21(14-6-1)31-25-26(32-22-15-7-2-8-16-22)36-29(35-25)30-37-27(33-23-17-9-3-10-18-23)28(38-30)34-24-19-11-4-12-20-24/h1-20H. The van der Waals surface area contributed by atoms with Crippen LogP contribution in [0.15, 0.2) is 166 Å². The van der Waals surface area contributed by atoms with Crippen molar-refractivity contribution in [3.8, 4) is 0 Å². The molecule has 0 radical (unpaired) electrons. The van der Waals surface area contributed by atoms with Gasteiger partial charge < -0.3 is 0 Å². The lowest BCUT2D eigenvalue weighted by atomic mass is 10.4. The highest BCUT2D eigenvalue weighted by Gasteiger charge is 2.31. The van der Waals surface area contributed by atoms with Crippen LogP contribution in [0, 0.1) is 0 Å². The summed E-state index contributed by atoms with van der Waals surface area (Å²) in [7, 11) is 0. The molecule has 6 rings (SSSR count). The van der Waals surface area contributed by atoms with E-state index in [-0.39, 0.29) is 0 Å². The summed E-state index contributed by atoms with van der Waals surface area (Å²) in [5.41, 5.74) is 0. The van der Waals surface area contributed by atoms with E-state index in [1.807, 2.05) is 94.1 Å². The normalized spacial score (nSPS) is 15.6. The average Bonchev–Trinajstić information content (AvgIpc) is 3.54. The Bertz CT molecular complexity index is 1250. The lowest BCUT2D eigenvalue weighted by Gasteiger charge is -2.04. The van der Waals surface area contributed by atoms with Crippen molar-refractivity contribution in [3.63, 3.8) is 0 Å². The first-order valence-corrected chi connectivity index (χ1v) is 18.2. The maximum atomic E-state index is 2.20. The highest BCUT2D eigenvalue weighted by Crippen LogP contribution is 2.67. The summed E-state index contributed by atoms with van der Waals surface area (Å²) in [6, 6.07) is 42.8. The van der Waals surface area contributed by atoms with Crippen LogP contribution in [0.5, 0.6) is 0 Å². The van der Waals surface area contributed by atoms with E-state index in [0.717, 1.165) is 0 Å². The van der Waals surface area contributed by atoms with Gasteiger partial charge in [0.25, 0.3) is 0 Å². The molecule has 0 nitrogen and oxygen atoms in total. The molecular weight excluding hydrogens is 617 g/mol. The van der Waals surface area contributed by atoms with Crippen LogP contribution in [0.3, 0.4) is 0 Å². The van der Waals surface area contributed by atoms with Gasteiger partial charge in [-0.1, -0.05) is 167 Å². The van der Waals surface area contributed by atoms with Crippen LogP contribution in [-0.2, 0) is 0 Å². The molecule has 0 unspecified atom stereocenters. The lowest BCUT2D eigenvalue weighted by molar-refractivity contribution is 1.47. The van der Waals surface area contributed by atoms with Crippen molar-refractivity contribution in [1.29, 1.82) is 0 Å². The number of benzene rings is 4. The van der Waals surface area contributed by atoms with E-state index < -0.39 is 0 Å². The fourth-order valence-corrected chi connectivity index (χ4v) is 14.8. The van der Waals surface area contributed by atoms with E-state index in [1.54, 1.807) is 0 Å². The smallest absolute Gasteiger partial charge is 0.0718 e. The summed E-state index contributed by atoms with van der Waals surface area (Å²) >= 11 is 15.2. The van der Waals surface area contributed by atoms with Gasteiger partial charge in [-0.15, -0.1) is 0 Å². The van der Waals surface area contributed by atoms with Crippen molar-refractivity contribution in [1.82, 2.24) is 0 Å². The van der Waals surface area contributed by atoms with E-state index in [1.165, 1.54) is 45.0 Å². The number of rotatable bonds is 8. The third kappa shape index (κ3) is 7.15. The molecule has 188 valence electrons. The second-order valence-corrected chi connectivity index (χ2v) is 17.8. The van der Waals surface area contributed by atoms with Crippen molar-refractivity contribution in [2.45, 2.75) is 19.6 Å². The SMILES string of the molecule is c1ccc(SC2=C(Sc3ccccc3)SC(=C3SC(Sc4ccccc4)=C(Sc4ccccc4)S3)S2)cc1. The van der Waals surface area contributed by atoms with Gasteiger partial charge in [0.05, 0.1) is 25.4 Å². The summed E-state index contributed by atoms with van der Waals surface area (Å²) in [5.74, 6) is 0. The molecule has 4 aromatic carbocycles. The second-order valence-electron chi connectivity index (χ2n) is 7.79. The van der Waals surface area contributed by atoms with Crippen LogP contribution >= 0.6 is 94.1 Å². The highest BCUT2D eigenvalue weighted by molar-refractivity contribution is 8.45. The van der Waals surface area contributed by atoms with Crippen LogP contribution in [-0.4, -0.2) is 0 Å². The predicted molar refractivity (Wildman–Crippen MR) is 181 cm³/mol. The van der Waals surface area contributed by atoms with Gasteiger partial charge in [0.2, 0.25) is 0 Å². The maximum absolute atomic E-state index is 2.20. The Morgan fingerprint density at radius 1 is 0.289 bits per heavy atom. The lowest BCUT2D eigenvalue weighted by Crippen LogP contribution is -1.74. The molecule has 0 bridgehead atoms. The monoisotopic (exact) mass is 636 g/mol. The predicted octanol–water partition coefficient (Wildman–Crippen LogP) is 12.5. The first-order chi connectivity index (χ1) is 18.8. The zero-order valence-corrected chi connectivity index (χ0v) is 26.3. The van der Waals surface area contributed by atoms with E-state index in [0.29, 0.717) is 0 Å². The zero-order valence-electron chi connectivity index (χ0n) is 19.8. The van der Waals surface area contributed by atoms with Crippen LogP contribution < -0.4 is 0 Å². The van der Waals surface area contributed by atoms with Gasteiger partial charge in [-0.3, -0.25) is 0 Å². The van der Waals surface area contributed by atoms with Gasteiger partial charge in [0.1, 0.15) is 0 Å². The van der Waals surface area contributed by atoms with Gasteiger partial charge >= 0.3 is 0 Å². The topological polar surface area (TPSA) is 0 Å². The maximum Gasteiger partial charge on any atom is 0.0718 e.